The molecule has 3 rings (SSSR count). The molecular weight excluding hydrogens is 448 g/mol. The number of amides is 2. The van der Waals surface area contributed by atoms with Gasteiger partial charge in [-0.25, -0.2) is 8.42 Å². The fraction of sp³-hybridized carbons (Fsp3) is 0.273. The Balaban J connectivity index is 1.66. The first-order chi connectivity index (χ1) is 15.3. The Morgan fingerprint density at radius 1 is 0.969 bits per heavy atom. The van der Waals surface area contributed by atoms with Gasteiger partial charge < -0.3 is 5.32 Å². The van der Waals surface area contributed by atoms with Gasteiger partial charge in [-0.1, -0.05) is 49.4 Å². The van der Waals surface area contributed by atoms with Crippen molar-refractivity contribution in [3.05, 3.63) is 65.2 Å². The van der Waals surface area contributed by atoms with Gasteiger partial charge in [0.05, 0.1) is 4.90 Å². The first-order valence-electron chi connectivity index (χ1n) is 10.1. The van der Waals surface area contributed by atoms with Crippen LogP contribution in [0.25, 0.3) is 0 Å². The van der Waals surface area contributed by atoms with E-state index in [1.807, 2.05) is 13.8 Å². The molecular formula is C22H24N4O4S2. The molecule has 0 spiro atoms. The molecule has 0 saturated heterocycles. The summed E-state index contributed by atoms with van der Waals surface area (Å²) in [4.78, 5) is 25.1. The molecule has 0 aliphatic rings. The van der Waals surface area contributed by atoms with E-state index in [-0.39, 0.29) is 32.6 Å². The zero-order valence-electron chi connectivity index (χ0n) is 17.7. The average molecular weight is 473 g/mol. The molecule has 3 aromatic rings. The second-order valence-electron chi connectivity index (χ2n) is 7.11. The van der Waals surface area contributed by atoms with E-state index in [4.69, 9.17) is 0 Å². The van der Waals surface area contributed by atoms with Gasteiger partial charge in [-0.15, -0.1) is 10.2 Å². The number of carbonyl (C=O) groups is 2. The molecule has 2 N–H and O–H groups in total. The van der Waals surface area contributed by atoms with Crippen molar-refractivity contribution < 1.29 is 18.0 Å². The third-order valence-corrected chi connectivity index (χ3v) is 7.52. The molecule has 1 aromatic heterocycles. The second-order valence-corrected chi connectivity index (χ2v) is 10.2. The topological polar surface area (TPSA) is 118 Å². The Kier molecular flexibility index (Phi) is 7.70. The van der Waals surface area contributed by atoms with Crippen LogP contribution in [0.4, 0.5) is 10.8 Å². The molecule has 2 aromatic carbocycles. The van der Waals surface area contributed by atoms with E-state index in [0.717, 1.165) is 24.2 Å². The summed E-state index contributed by atoms with van der Waals surface area (Å²) in [6.07, 6.45) is 1.48. The van der Waals surface area contributed by atoms with Crippen LogP contribution >= 0.6 is 11.3 Å². The van der Waals surface area contributed by atoms with Crippen LogP contribution in [0.3, 0.4) is 0 Å². The number of anilines is 2. The highest BCUT2D eigenvalue weighted by Crippen LogP contribution is 2.22. The van der Waals surface area contributed by atoms with Gasteiger partial charge in [-0.05, 0) is 43.2 Å². The van der Waals surface area contributed by atoms with Crippen LogP contribution in [0.1, 0.15) is 42.1 Å². The molecule has 0 saturated carbocycles. The van der Waals surface area contributed by atoms with E-state index in [2.05, 4.69) is 20.8 Å². The lowest BCUT2D eigenvalue weighted by molar-refractivity contribution is -0.120. The molecule has 0 unspecified atom stereocenters. The smallest absolute Gasteiger partial charge is 0.257 e. The average Bonchev–Trinajstić information content (AvgIpc) is 3.21. The number of nitrogens with one attached hydrogen (secondary N) is 2. The zero-order chi connectivity index (χ0) is 23.1. The van der Waals surface area contributed by atoms with Gasteiger partial charge in [0.15, 0.2) is 9.84 Å². The highest BCUT2D eigenvalue weighted by Gasteiger charge is 2.19. The zero-order valence-corrected chi connectivity index (χ0v) is 19.4. The Morgan fingerprint density at radius 3 is 2.38 bits per heavy atom. The third-order valence-electron chi connectivity index (χ3n) is 4.85. The first-order valence-corrected chi connectivity index (χ1v) is 12.6. The SMILES string of the molecule is CCC(CC)C(=O)Nc1cccc(C(=O)Nc2nnc(CS(=O)(=O)c3ccccc3)s2)c1. The summed E-state index contributed by atoms with van der Waals surface area (Å²) < 4.78 is 25.0. The van der Waals surface area contributed by atoms with E-state index >= 15 is 0 Å². The summed E-state index contributed by atoms with van der Waals surface area (Å²) >= 11 is 0.999. The lowest BCUT2D eigenvalue weighted by Gasteiger charge is -2.13. The van der Waals surface area contributed by atoms with Gasteiger partial charge >= 0.3 is 0 Å². The highest BCUT2D eigenvalue weighted by molar-refractivity contribution is 7.90. The molecule has 0 aliphatic heterocycles. The van der Waals surface area contributed by atoms with Gasteiger partial charge in [0.2, 0.25) is 11.0 Å². The second kappa shape index (κ2) is 10.5. The van der Waals surface area contributed by atoms with Gasteiger partial charge in [-0.3, -0.25) is 14.9 Å². The maximum absolute atomic E-state index is 12.6. The maximum Gasteiger partial charge on any atom is 0.257 e. The number of carbonyl (C=O) groups excluding carboxylic acids is 2. The first kappa shape index (κ1) is 23.6. The number of benzene rings is 2. The normalized spacial score (nSPS) is 11.3. The monoisotopic (exact) mass is 472 g/mol. The molecule has 0 bridgehead atoms. The van der Waals surface area contributed by atoms with Crippen LogP contribution in [-0.4, -0.2) is 30.4 Å². The predicted octanol–water partition coefficient (Wildman–Crippen LogP) is 4.14. The highest BCUT2D eigenvalue weighted by atomic mass is 32.2. The minimum atomic E-state index is -3.55. The molecule has 10 heteroatoms. The number of sulfone groups is 1. The van der Waals surface area contributed by atoms with Crippen LogP contribution in [0.5, 0.6) is 0 Å². The predicted molar refractivity (Wildman–Crippen MR) is 124 cm³/mol. The minimum absolute atomic E-state index is 0.0825. The number of hydrogen-bond donors (Lipinski definition) is 2. The van der Waals surface area contributed by atoms with Gasteiger partial charge in [0.25, 0.3) is 5.91 Å². The van der Waals surface area contributed by atoms with Crippen molar-refractivity contribution in [3.63, 3.8) is 0 Å². The van der Waals surface area contributed by atoms with Crippen LogP contribution in [0.2, 0.25) is 0 Å². The third kappa shape index (κ3) is 5.98. The molecule has 0 atom stereocenters. The summed E-state index contributed by atoms with van der Waals surface area (Å²) in [5, 5.41) is 13.7. The molecule has 168 valence electrons. The van der Waals surface area contributed by atoms with Crippen molar-refractivity contribution in [2.45, 2.75) is 37.3 Å². The molecule has 0 aliphatic carbocycles. The molecule has 32 heavy (non-hydrogen) atoms. The van der Waals surface area contributed by atoms with Crippen molar-refractivity contribution in [2.75, 3.05) is 10.6 Å². The van der Waals surface area contributed by atoms with E-state index in [9.17, 15) is 18.0 Å². The maximum atomic E-state index is 12.6. The summed E-state index contributed by atoms with van der Waals surface area (Å²) in [5.41, 5.74) is 0.863. The molecule has 1 heterocycles. The minimum Gasteiger partial charge on any atom is -0.326 e. The Hall–Kier alpha value is -3.11. The lowest BCUT2D eigenvalue weighted by atomic mass is 10.0. The summed E-state index contributed by atoms with van der Waals surface area (Å²) in [5.74, 6) is -0.903. The van der Waals surface area contributed by atoms with E-state index in [1.165, 1.54) is 12.1 Å². The van der Waals surface area contributed by atoms with Crippen LogP contribution in [0, 0.1) is 5.92 Å². The van der Waals surface area contributed by atoms with Crippen molar-refractivity contribution in [1.82, 2.24) is 10.2 Å². The van der Waals surface area contributed by atoms with E-state index < -0.39 is 15.7 Å². The van der Waals surface area contributed by atoms with Crippen LogP contribution in [0.15, 0.2) is 59.5 Å². The standard InChI is InChI=1S/C22H24N4O4S2/c1-3-15(4-2)20(27)23-17-10-8-9-16(13-17)21(28)24-22-26-25-19(31-22)14-32(29,30)18-11-6-5-7-12-18/h5-13,15H,3-4,14H2,1-2H3,(H,23,27)(H,24,26,28). The van der Waals surface area contributed by atoms with Crippen LogP contribution in [-0.2, 0) is 20.4 Å². The van der Waals surface area contributed by atoms with Crippen LogP contribution < -0.4 is 10.6 Å². The van der Waals surface area contributed by atoms with Crippen molar-refractivity contribution >= 4 is 43.8 Å². The largest absolute Gasteiger partial charge is 0.326 e. The summed E-state index contributed by atoms with van der Waals surface area (Å²) in [7, 11) is -3.55. The number of aromatic nitrogens is 2. The number of hydrogen-bond acceptors (Lipinski definition) is 7. The summed E-state index contributed by atoms with van der Waals surface area (Å²) in [6.45, 7) is 3.91. The Bertz CT molecular complexity index is 1190. The van der Waals surface area contributed by atoms with Crippen molar-refractivity contribution in [2.24, 2.45) is 5.92 Å². The Morgan fingerprint density at radius 2 is 1.69 bits per heavy atom. The molecule has 0 radical (unpaired) electrons. The quantitative estimate of drug-likeness (QED) is 0.483. The number of nitrogens with zero attached hydrogens (tertiary/aromatic N) is 2. The van der Waals surface area contributed by atoms with E-state index in [0.29, 0.717) is 11.3 Å². The van der Waals surface area contributed by atoms with Crippen molar-refractivity contribution in [3.8, 4) is 0 Å². The van der Waals surface area contributed by atoms with Gasteiger partial charge in [-0.2, -0.15) is 0 Å². The Labute approximate surface area is 191 Å². The molecule has 0 fully saturated rings. The van der Waals surface area contributed by atoms with Gasteiger partial charge in [0.1, 0.15) is 10.8 Å². The molecule has 2 amide bonds. The number of rotatable bonds is 9. The lowest BCUT2D eigenvalue weighted by Crippen LogP contribution is -2.22. The van der Waals surface area contributed by atoms with Crippen molar-refractivity contribution in [1.29, 1.82) is 0 Å². The summed E-state index contributed by atoms with van der Waals surface area (Å²) in [6, 6.07) is 14.7. The fourth-order valence-electron chi connectivity index (χ4n) is 3.05. The fourth-order valence-corrected chi connectivity index (χ4v) is 5.40. The van der Waals surface area contributed by atoms with Gasteiger partial charge in [0, 0.05) is 17.2 Å². The van der Waals surface area contributed by atoms with E-state index in [1.54, 1.807) is 42.5 Å². The molecule has 8 nitrogen and oxygen atoms in total.